The predicted molar refractivity (Wildman–Crippen MR) is 96.6 cm³/mol. The van der Waals surface area contributed by atoms with Crippen molar-refractivity contribution < 1.29 is 19.1 Å². The van der Waals surface area contributed by atoms with Gasteiger partial charge in [0, 0.05) is 0 Å². The van der Waals surface area contributed by atoms with E-state index in [-0.39, 0.29) is 31.2 Å². The Bertz CT molecular complexity index is 612. The summed E-state index contributed by atoms with van der Waals surface area (Å²) in [7, 11) is 0. The van der Waals surface area contributed by atoms with Crippen molar-refractivity contribution in [2.24, 2.45) is 0 Å². The highest BCUT2D eigenvalue weighted by Crippen LogP contribution is 2.42. The van der Waals surface area contributed by atoms with Crippen LogP contribution in [0.25, 0.3) is 0 Å². The van der Waals surface area contributed by atoms with E-state index in [1.165, 1.54) is 12.2 Å². The average Bonchev–Trinajstić information content (AvgIpc) is 2.52. The van der Waals surface area contributed by atoms with E-state index in [0.29, 0.717) is 0 Å². The molecule has 0 bridgehead atoms. The van der Waals surface area contributed by atoms with Gasteiger partial charge in [-0.15, -0.1) is 0 Å². The van der Waals surface area contributed by atoms with Crippen molar-refractivity contribution in [3.05, 3.63) is 56.5 Å². The fourth-order valence-electron chi connectivity index (χ4n) is 1.54. The molecule has 0 fully saturated rings. The number of rotatable bonds is 6. The number of carbonyl (C=O) groups excluding carboxylic acids is 2. The third kappa shape index (κ3) is 4.45. The van der Waals surface area contributed by atoms with Crippen molar-refractivity contribution in [2.45, 2.75) is 26.1 Å². The molecule has 0 radical (unpaired) electrons. The quantitative estimate of drug-likeness (QED) is 0.339. The zero-order valence-corrected chi connectivity index (χ0v) is 15.9. The van der Waals surface area contributed by atoms with Crippen molar-refractivity contribution in [1.82, 2.24) is 0 Å². The van der Waals surface area contributed by atoms with Gasteiger partial charge in [0.05, 0.1) is 31.2 Å². The fraction of sp³-hybridized carbons (Fsp3) is 0.250. The van der Waals surface area contributed by atoms with Crippen LogP contribution in [0.5, 0.6) is 0 Å². The van der Waals surface area contributed by atoms with E-state index in [0.717, 1.165) is 0 Å². The first-order valence-electron chi connectivity index (χ1n) is 6.68. The average molecular weight is 412 g/mol. The fourth-order valence-corrected chi connectivity index (χ4v) is 2.70. The minimum Gasteiger partial charge on any atom is -0.455 e. The molecule has 0 heterocycles. The van der Waals surface area contributed by atoms with Crippen LogP contribution in [0.3, 0.4) is 0 Å². The van der Waals surface area contributed by atoms with Crippen LogP contribution >= 0.6 is 46.4 Å². The summed E-state index contributed by atoms with van der Waals surface area (Å²) >= 11 is 24.3. The lowest BCUT2D eigenvalue weighted by atomic mass is 10.1. The van der Waals surface area contributed by atoms with Crippen LogP contribution < -0.4 is 0 Å². The molecule has 2 unspecified atom stereocenters. The number of benzene rings is 1. The third-order valence-corrected chi connectivity index (χ3v) is 4.63. The van der Waals surface area contributed by atoms with Crippen molar-refractivity contribution >= 4 is 58.3 Å². The summed E-state index contributed by atoms with van der Waals surface area (Å²) in [6.45, 7) is 10.2. The Kier molecular flexibility index (Phi) is 7.61. The summed E-state index contributed by atoms with van der Waals surface area (Å²) in [5.74, 6) is -1.69. The summed E-state index contributed by atoms with van der Waals surface area (Å²) < 4.78 is 10.1. The minimum atomic E-state index is -0.847. The lowest BCUT2D eigenvalue weighted by molar-refractivity contribution is 0.0410. The number of esters is 2. The molecule has 0 aliphatic carbocycles. The number of carbonyl (C=O) groups is 2. The van der Waals surface area contributed by atoms with Crippen molar-refractivity contribution in [2.75, 3.05) is 0 Å². The second-order valence-electron chi connectivity index (χ2n) is 4.70. The highest BCUT2D eigenvalue weighted by atomic mass is 35.5. The molecule has 0 aliphatic rings. The number of hydrogen-bond donors (Lipinski definition) is 0. The van der Waals surface area contributed by atoms with E-state index in [4.69, 9.17) is 55.9 Å². The van der Waals surface area contributed by atoms with Crippen LogP contribution in [0.15, 0.2) is 25.3 Å². The molecule has 8 heteroatoms. The van der Waals surface area contributed by atoms with E-state index in [2.05, 4.69) is 13.2 Å². The predicted octanol–water partition coefficient (Wildman–Crippen LogP) is 5.76. The minimum absolute atomic E-state index is 0.240. The summed E-state index contributed by atoms with van der Waals surface area (Å²) in [5.41, 5.74) is -0.481. The Morgan fingerprint density at radius 3 is 1.25 bits per heavy atom. The van der Waals surface area contributed by atoms with Gasteiger partial charge in [-0.1, -0.05) is 71.7 Å². The SMILES string of the molecule is C=CC(C)OC(=O)c1c(Cl)c(Cl)c(C(=O)OC(C)C=C)c(Cl)c1Cl. The first kappa shape index (κ1) is 20.8. The van der Waals surface area contributed by atoms with E-state index in [9.17, 15) is 9.59 Å². The normalized spacial score (nSPS) is 12.9. The maximum atomic E-state index is 12.2. The van der Waals surface area contributed by atoms with Gasteiger partial charge in [-0.05, 0) is 13.8 Å². The van der Waals surface area contributed by atoms with E-state index in [1.54, 1.807) is 13.8 Å². The van der Waals surface area contributed by atoms with Gasteiger partial charge in [0.25, 0.3) is 0 Å². The molecule has 0 spiro atoms. The molecule has 130 valence electrons. The molecule has 0 N–H and O–H groups in total. The smallest absolute Gasteiger partial charge is 0.341 e. The molecule has 1 aromatic rings. The largest absolute Gasteiger partial charge is 0.455 e. The maximum absolute atomic E-state index is 12.2. The zero-order valence-electron chi connectivity index (χ0n) is 12.9. The van der Waals surface area contributed by atoms with Crippen molar-refractivity contribution in [3.63, 3.8) is 0 Å². The van der Waals surface area contributed by atoms with Gasteiger partial charge >= 0.3 is 11.9 Å². The van der Waals surface area contributed by atoms with Gasteiger partial charge in [0.15, 0.2) is 0 Å². The summed E-state index contributed by atoms with van der Waals surface area (Å²) in [5, 5.41) is -1.04. The van der Waals surface area contributed by atoms with Crippen LogP contribution in [-0.4, -0.2) is 24.1 Å². The summed E-state index contributed by atoms with van der Waals surface area (Å²) in [6.07, 6.45) is 1.65. The summed E-state index contributed by atoms with van der Waals surface area (Å²) in [4.78, 5) is 24.4. The van der Waals surface area contributed by atoms with Crippen molar-refractivity contribution in [3.8, 4) is 0 Å². The number of halogens is 4. The Balaban J connectivity index is 3.40. The van der Waals surface area contributed by atoms with Crippen LogP contribution in [-0.2, 0) is 9.47 Å². The van der Waals surface area contributed by atoms with Gasteiger partial charge in [-0.25, -0.2) is 9.59 Å². The third-order valence-electron chi connectivity index (χ3n) is 2.92. The van der Waals surface area contributed by atoms with Crippen LogP contribution in [0, 0.1) is 0 Å². The molecular weight excluding hydrogens is 398 g/mol. The van der Waals surface area contributed by atoms with Crippen molar-refractivity contribution in [1.29, 1.82) is 0 Å². The molecule has 1 rings (SSSR count). The zero-order chi connectivity index (χ0) is 18.6. The molecule has 24 heavy (non-hydrogen) atoms. The Labute approximate surface area is 159 Å². The van der Waals surface area contributed by atoms with Gasteiger partial charge < -0.3 is 9.47 Å². The lowest BCUT2D eigenvalue weighted by Crippen LogP contribution is -2.17. The molecular formula is C16H14Cl4O4. The highest BCUT2D eigenvalue weighted by molar-refractivity contribution is 6.52. The van der Waals surface area contributed by atoms with Gasteiger partial charge in [0.1, 0.15) is 12.2 Å². The first-order chi connectivity index (χ1) is 11.1. The molecule has 0 aliphatic heterocycles. The second kappa shape index (κ2) is 8.77. The molecule has 1 aromatic carbocycles. The Morgan fingerprint density at radius 2 is 1.04 bits per heavy atom. The van der Waals surface area contributed by atoms with Crippen LogP contribution in [0.2, 0.25) is 20.1 Å². The van der Waals surface area contributed by atoms with E-state index < -0.39 is 24.1 Å². The Hall–Kier alpha value is -1.20. The molecule has 0 aromatic heterocycles. The molecule has 4 nitrogen and oxygen atoms in total. The van der Waals surface area contributed by atoms with Gasteiger partial charge in [-0.2, -0.15) is 0 Å². The second-order valence-corrected chi connectivity index (χ2v) is 6.21. The molecule has 2 atom stereocenters. The molecule has 0 saturated carbocycles. The Morgan fingerprint density at radius 1 is 0.792 bits per heavy atom. The van der Waals surface area contributed by atoms with Gasteiger partial charge in [0.2, 0.25) is 0 Å². The number of ether oxygens (including phenoxy) is 2. The standard InChI is InChI=1S/C16H14Cl4O4/c1-5-7(3)23-15(21)9-11(17)13(19)10(14(20)12(9)18)16(22)24-8(4)6-2/h5-8H,1-2H2,3-4H3. The van der Waals surface area contributed by atoms with Crippen LogP contribution in [0.1, 0.15) is 34.6 Å². The highest BCUT2D eigenvalue weighted by Gasteiger charge is 2.30. The monoisotopic (exact) mass is 410 g/mol. The van der Waals surface area contributed by atoms with Crippen LogP contribution in [0.4, 0.5) is 0 Å². The number of hydrogen-bond acceptors (Lipinski definition) is 4. The lowest BCUT2D eigenvalue weighted by Gasteiger charge is -2.16. The maximum Gasteiger partial charge on any atom is 0.341 e. The van der Waals surface area contributed by atoms with E-state index >= 15 is 0 Å². The van der Waals surface area contributed by atoms with E-state index in [1.807, 2.05) is 0 Å². The molecule has 0 amide bonds. The summed E-state index contributed by atoms with van der Waals surface area (Å²) in [6, 6.07) is 0. The van der Waals surface area contributed by atoms with Gasteiger partial charge in [-0.3, -0.25) is 0 Å². The molecule has 0 saturated heterocycles. The topological polar surface area (TPSA) is 52.6 Å². The first-order valence-corrected chi connectivity index (χ1v) is 8.19.